The van der Waals surface area contributed by atoms with Crippen LogP contribution in [0.15, 0.2) is 18.2 Å². The average molecular weight is 260 g/mol. The topological polar surface area (TPSA) is 38.7 Å². The molecule has 0 spiro atoms. The maximum Gasteiger partial charge on any atom is 0.494 e. The van der Waals surface area contributed by atoms with Gasteiger partial charge in [-0.15, -0.1) is 0 Å². The Morgan fingerprint density at radius 2 is 1.63 bits per heavy atom. The van der Waals surface area contributed by atoms with Gasteiger partial charge in [-0.05, 0) is 57.1 Å². The molecule has 1 aromatic carbocycles. The standard InChI is InChI=1S/C15H21BO3/c1-14(2)15(3,4)19-16(18-14)12-6-5-10-8-13(17)9-11(10)7-12/h5-7,13,17H,8-9H2,1-4H3/t13-/m0/s1. The second kappa shape index (κ2) is 4.08. The highest BCUT2D eigenvalue weighted by Crippen LogP contribution is 2.36. The van der Waals surface area contributed by atoms with E-state index in [2.05, 4.69) is 45.9 Å². The van der Waals surface area contributed by atoms with Crippen LogP contribution in [0.2, 0.25) is 0 Å². The minimum Gasteiger partial charge on any atom is -0.399 e. The first kappa shape index (κ1) is 13.2. The van der Waals surface area contributed by atoms with E-state index in [0.717, 1.165) is 18.3 Å². The van der Waals surface area contributed by atoms with Gasteiger partial charge in [-0.1, -0.05) is 18.2 Å². The first-order valence-corrected chi connectivity index (χ1v) is 6.94. The maximum absolute atomic E-state index is 9.71. The highest BCUT2D eigenvalue weighted by molar-refractivity contribution is 6.62. The third-order valence-electron chi connectivity index (χ3n) is 4.67. The Labute approximate surface area is 115 Å². The van der Waals surface area contributed by atoms with Crippen LogP contribution in [0.5, 0.6) is 0 Å². The van der Waals surface area contributed by atoms with Gasteiger partial charge in [0.25, 0.3) is 0 Å². The van der Waals surface area contributed by atoms with Crippen LogP contribution >= 0.6 is 0 Å². The summed E-state index contributed by atoms with van der Waals surface area (Å²) in [5, 5.41) is 9.71. The fourth-order valence-electron chi connectivity index (χ4n) is 2.74. The van der Waals surface area contributed by atoms with Crippen LogP contribution in [0.25, 0.3) is 0 Å². The quantitative estimate of drug-likeness (QED) is 0.777. The number of hydrogen-bond acceptors (Lipinski definition) is 3. The van der Waals surface area contributed by atoms with Crippen molar-refractivity contribution >= 4 is 12.6 Å². The van der Waals surface area contributed by atoms with Crippen LogP contribution in [0.4, 0.5) is 0 Å². The fraction of sp³-hybridized carbons (Fsp3) is 0.600. The normalized spacial score (nSPS) is 27.6. The molecule has 1 fully saturated rings. The minimum absolute atomic E-state index is 0.233. The van der Waals surface area contributed by atoms with Gasteiger partial charge < -0.3 is 14.4 Å². The first-order valence-electron chi connectivity index (χ1n) is 6.94. The monoisotopic (exact) mass is 260 g/mol. The van der Waals surface area contributed by atoms with Crippen molar-refractivity contribution in [3.8, 4) is 0 Å². The van der Waals surface area contributed by atoms with Gasteiger partial charge in [0.2, 0.25) is 0 Å². The Bertz CT molecular complexity index is 494. The van der Waals surface area contributed by atoms with E-state index >= 15 is 0 Å². The lowest BCUT2D eigenvalue weighted by molar-refractivity contribution is 0.00578. The zero-order valence-electron chi connectivity index (χ0n) is 12.1. The molecule has 2 aliphatic rings. The summed E-state index contributed by atoms with van der Waals surface area (Å²) in [4.78, 5) is 0. The Balaban J connectivity index is 1.88. The molecule has 0 unspecified atom stereocenters. The lowest BCUT2D eigenvalue weighted by Gasteiger charge is -2.32. The molecule has 1 atom stereocenters. The number of aliphatic hydroxyl groups excluding tert-OH is 1. The largest absolute Gasteiger partial charge is 0.494 e. The Morgan fingerprint density at radius 1 is 1.05 bits per heavy atom. The zero-order valence-corrected chi connectivity index (χ0v) is 12.1. The maximum atomic E-state index is 9.71. The second-order valence-electron chi connectivity index (χ2n) is 6.68. The van der Waals surface area contributed by atoms with E-state index in [1.54, 1.807) is 0 Å². The van der Waals surface area contributed by atoms with Gasteiger partial charge in [-0.2, -0.15) is 0 Å². The number of hydrogen-bond donors (Lipinski definition) is 1. The summed E-state index contributed by atoms with van der Waals surface area (Å²) in [6.45, 7) is 8.24. The third-order valence-corrected chi connectivity index (χ3v) is 4.67. The zero-order chi connectivity index (χ0) is 13.8. The molecule has 19 heavy (non-hydrogen) atoms. The Kier molecular flexibility index (Phi) is 2.82. The van der Waals surface area contributed by atoms with Crippen molar-refractivity contribution in [1.82, 2.24) is 0 Å². The number of benzene rings is 1. The molecule has 0 amide bonds. The molecule has 1 heterocycles. The molecule has 1 saturated heterocycles. The molecule has 0 saturated carbocycles. The van der Waals surface area contributed by atoms with Crippen LogP contribution in [-0.2, 0) is 22.2 Å². The van der Waals surface area contributed by atoms with Gasteiger partial charge in [0, 0.05) is 0 Å². The summed E-state index contributed by atoms with van der Waals surface area (Å²) in [6.07, 6.45) is 1.27. The van der Waals surface area contributed by atoms with Crippen molar-refractivity contribution in [3.05, 3.63) is 29.3 Å². The molecule has 1 aromatic rings. The van der Waals surface area contributed by atoms with E-state index < -0.39 is 0 Å². The van der Waals surface area contributed by atoms with Crippen LogP contribution in [-0.4, -0.2) is 29.5 Å². The first-order chi connectivity index (χ1) is 8.78. The molecule has 1 aliphatic heterocycles. The molecule has 4 heteroatoms. The molecule has 1 aliphatic carbocycles. The van der Waals surface area contributed by atoms with Crippen molar-refractivity contribution < 1.29 is 14.4 Å². The Hall–Kier alpha value is -0.835. The van der Waals surface area contributed by atoms with Gasteiger partial charge in [0.15, 0.2) is 0 Å². The molecule has 102 valence electrons. The molecule has 0 aromatic heterocycles. The van der Waals surface area contributed by atoms with E-state index in [0.29, 0.717) is 0 Å². The summed E-state index contributed by atoms with van der Waals surface area (Å²) in [5.74, 6) is 0. The number of rotatable bonds is 1. The smallest absolute Gasteiger partial charge is 0.399 e. The van der Waals surface area contributed by atoms with Crippen LogP contribution < -0.4 is 5.46 Å². The summed E-state index contributed by atoms with van der Waals surface area (Å²) in [7, 11) is -0.312. The van der Waals surface area contributed by atoms with Crippen LogP contribution in [0.1, 0.15) is 38.8 Å². The average Bonchev–Trinajstić information content (AvgIpc) is 2.74. The lowest BCUT2D eigenvalue weighted by Crippen LogP contribution is -2.41. The van der Waals surface area contributed by atoms with Crippen LogP contribution in [0.3, 0.4) is 0 Å². The van der Waals surface area contributed by atoms with Gasteiger partial charge in [-0.25, -0.2) is 0 Å². The highest BCUT2D eigenvalue weighted by atomic mass is 16.7. The van der Waals surface area contributed by atoms with Gasteiger partial charge >= 0.3 is 7.12 Å². The highest BCUT2D eigenvalue weighted by Gasteiger charge is 2.51. The van der Waals surface area contributed by atoms with Gasteiger partial charge in [0.1, 0.15) is 0 Å². The van der Waals surface area contributed by atoms with Crippen molar-refractivity contribution in [1.29, 1.82) is 0 Å². The summed E-state index contributed by atoms with van der Waals surface area (Å²) < 4.78 is 12.1. The SMILES string of the molecule is CC1(C)OB(c2ccc3c(c2)C[C@@H](O)C3)OC1(C)C. The molecule has 1 N–H and O–H groups in total. The molecule has 0 radical (unpaired) electrons. The molecular weight excluding hydrogens is 239 g/mol. The Morgan fingerprint density at radius 3 is 2.26 bits per heavy atom. The van der Waals surface area contributed by atoms with E-state index in [-0.39, 0.29) is 24.4 Å². The predicted molar refractivity (Wildman–Crippen MR) is 75.6 cm³/mol. The molecule has 0 bridgehead atoms. The number of fused-ring (bicyclic) bond motifs is 1. The van der Waals surface area contributed by atoms with Crippen molar-refractivity contribution in [2.45, 2.75) is 57.8 Å². The third kappa shape index (κ3) is 2.12. The molecular formula is C15H21BO3. The van der Waals surface area contributed by atoms with Crippen molar-refractivity contribution in [3.63, 3.8) is 0 Å². The van der Waals surface area contributed by atoms with E-state index in [1.807, 2.05) is 0 Å². The summed E-state index contributed by atoms with van der Waals surface area (Å²) in [5.41, 5.74) is 2.89. The summed E-state index contributed by atoms with van der Waals surface area (Å²) >= 11 is 0. The van der Waals surface area contributed by atoms with E-state index in [4.69, 9.17) is 9.31 Å². The van der Waals surface area contributed by atoms with Gasteiger partial charge in [0.05, 0.1) is 17.3 Å². The van der Waals surface area contributed by atoms with E-state index in [9.17, 15) is 5.11 Å². The molecule has 3 nitrogen and oxygen atoms in total. The minimum atomic E-state index is -0.312. The van der Waals surface area contributed by atoms with Gasteiger partial charge in [-0.3, -0.25) is 0 Å². The van der Waals surface area contributed by atoms with E-state index in [1.165, 1.54) is 11.1 Å². The lowest BCUT2D eigenvalue weighted by atomic mass is 9.78. The summed E-state index contributed by atoms with van der Waals surface area (Å²) in [6, 6.07) is 6.26. The van der Waals surface area contributed by atoms with Crippen molar-refractivity contribution in [2.75, 3.05) is 0 Å². The predicted octanol–water partition coefficient (Wildman–Crippen LogP) is 1.45. The van der Waals surface area contributed by atoms with Crippen molar-refractivity contribution in [2.24, 2.45) is 0 Å². The molecule has 3 rings (SSSR count). The second-order valence-corrected chi connectivity index (χ2v) is 6.68. The number of aliphatic hydroxyl groups is 1. The fourth-order valence-corrected chi connectivity index (χ4v) is 2.74. The van der Waals surface area contributed by atoms with Crippen LogP contribution in [0, 0.1) is 0 Å².